The molecule has 20 nitrogen and oxygen atoms in total. The first-order valence-electron chi connectivity index (χ1n) is 22.3. The standard InChI is InChI=1S/C48H63N7O13/c1-32-43(51-52-55(32)40-31-35(61-6)13-14-41(40)62-7)44(57)50-34-28-33(48(2,3)4)29-36(30-34)68-27-26-67-25-24-66-23-22-65-21-20-64-19-18-63-17-15-53(5)46(59)39(12-9-16-56)54-45(58)37-10-8-11-38(49)42(37)47(54)60/h8,10-11,13-14,16,28-31,39H,9,12,15,17-27,49H2,1-7H3,(H,50,57). The second-order valence-corrected chi connectivity index (χ2v) is 16.6. The van der Waals surface area contributed by atoms with Gasteiger partial charge in [0.15, 0.2) is 5.69 Å². The number of nitrogen functional groups attached to an aromatic ring is 1. The van der Waals surface area contributed by atoms with E-state index in [1.165, 1.54) is 21.7 Å². The number of aromatic nitrogens is 3. The molecule has 0 bridgehead atoms. The number of carbonyl (C=O) groups is 5. The third-order valence-corrected chi connectivity index (χ3v) is 10.8. The van der Waals surface area contributed by atoms with E-state index in [0.29, 0.717) is 93.5 Å². The summed E-state index contributed by atoms with van der Waals surface area (Å²) in [5.74, 6) is -0.451. The fourth-order valence-electron chi connectivity index (χ4n) is 7.08. The molecule has 368 valence electrons. The van der Waals surface area contributed by atoms with Crippen LogP contribution in [0, 0.1) is 6.92 Å². The first-order valence-corrected chi connectivity index (χ1v) is 22.3. The lowest BCUT2D eigenvalue weighted by Gasteiger charge is -2.29. The summed E-state index contributed by atoms with van der Waals surface area (Å²) < 4.78 is 46.5. The predicted octanol–water partition coefficient (Wildman–Crippen LogP) is 4.29. The number of ether oxygens (including phenoxy) is 8. The first-order chi connectivity index (χ1) is 32.7. The number of nitrogens with zero attached hydrogens (tertiary/aromatic N) is 5. The van der Waals surface area contributed by atoms with Crippen LogP contribution in [0.3, 0.4) is 0 Å². The van der Waals surface area contributed by atoms with Crippen molar-refractivity contribution in [2.24, 2.45) is 0 Å². The van der Waals surface area contributed by atoms with Crippen LogP contribution in [0.5, 0.6) is 17.2 Å². The molecule has 1 aromatic heterocycles. The summed E-state index contributed by atoms with van der Waals surface area (Å²) in [7, 11) is 4.67. The number of benzene rings is 3. The number of hydrogen-bond acceptors (Lipinski definition) is 16. The van der Waals surface area contributed by atoms with Gasteiger partial charge in [0.2, 0.25) is 5.91 Å². The minimum atomic E-state index is -1.15. The van der Waals surface area contributed by atoms with Crippen LogP contribution in [0.1, 0.15) is 76.1 Å². The van der Waals surface area contributed by atoms with Gasteiger partial charge in [-0.05, 0) is 60.7 Å². The highest BCUT2D eigenvalue weighted by Crippen LogP contribution is 2.33. The molecule has 0 aliphatic carbocycles. The van der Waals surface area contributed by atoms with E-state index in [-0.39, 0.29) is 67.1 Å². The summed E-state index contributed by atoms with van der Waals surface area (Å²) in [6.45, 7) is 11.8. The van der Waals surface area contributed by atoms with Crippen molar-refractivity contribution in [2.75, 3.05) is 112 Å². The molecule has 1 unspecified atom stereocenters. The Labute approximate surface area is 396 Å². The average molecular weight is 946 g/mol. The van der Waals surface area contributed by atoms with Gasteiger partial charge in [0.1, 0.15) is 41.9 Å². The number of carbonyl (C=O) groups excluding carboxylic acids is 5. The van der Waals surface area contributed by atoms with Crippen molar-refractivity contribution in [3.8, 4) is 22.9 Å². The molecule has 4 aromatic rings. The number of rotatable bonds is 29. The van der Waals surface area contributed by atoms with Crippen LogP contribution in [0.25, 0.3) is 5.69 Å². The quantitative estimate of drug-likeness (QED) is 0.0334. The number of likely N-dealkylation sites (N-methyl/N-ethyl adjacent to an activating group) is 1. The fraction of sp³-hybridized carbons (Fsp3) is 0.479. The van der Waals surface area contributed by atoms with Crippen LogP contribution in [-0.2, 0) is 38.7 Å². The van der Waals surface area contributed by atoms with Crippen LogP contribution in [-0.4, -0.2) is 161 Å². The number of nitrogens with one attached hydrogen (secondary N) is 1. The van der Waals surface area contributed by atoms with Crippen LogP contribution in [0.4, 0.5) is 11.4 Å². The topological polar surface area (TPSA) is 234 Å². The first kappa shape index (κ1) is 52.5. The van der Waals surface area contributed by atoms with E-state index in [1.54, 1.807) is 58.5 Å². The van der Waals surface area contributed by atoms with Gasteiger partial charge in [-0.25, -0.2) is 4.68 Å². The number of amides is 4. The Morgan fingerprint density at radius 2 is 1.44 bits per heavy atom. The molecule has 0 fully saturated rings. The highest BCUT2D eigenvalue weighted by Gasteiger charge is 2.44. The molecule has 3 N–H and O–H groups in total. The van der Waals surface area contributed by atoms with Crippen molar-refractivity contribution in [3.05, 3.63) is 82.7 Å². The number of aldehydes is 1. The molecule has 4 amide bonds. The lowest BCUT2D eigenvalue weighted by Crippen LogP contribution is -2.50. The second-order valence-electron chi connectivity index (χ2n) is 16.6. The molecule has 1 atom stereocenters. The van der Waals surface area contributed by atoms with Crippen molar-refractivity contribution in [2.45, 2.75) is 52.0 Å². The van der Waals surface area contributed by atoms with Gasteiger partial charge in [0, 0.05) is 43.5 Å². The lowest BCUT2D eigenvalue weighted by atomic mass is 9.86. The minimum absolute atomic E-state index is 0.00595. The van der Waals surface area contributed by atoms with Gasteiger partial charge < -0.3 is 58.6 Å². The molecule has 5 rings (SSSR count). The number of anilines is 2. The maximum atomic E-state index is 13.5. The molecule has 68 heavy (non-hydrogen) atoms. The van der Waals surface area contributed by atoms with E-state index in [2.05, 4.69) is 36.4 Å². The Kier molecular flexibility index (Phi) is 19.8. The van der Waals surface area contributed by atoms with Gasteiger partial charge >= 0.3 is 0 Å². The molecule has 2 heterocycles. The normalized spacial score (nSPS) is 12.8. The van der Waals surface area contributed by atoms with Crippen LogP contribution >= 0.6 is 0 Å². The monoisotopic (exact) mass is 945 g/mol. The third-order valence-electron chi connectivity index (χ3n) is 10.8. The van der Waals surface area contributed by atoms with Gasteiger partial charge in [0.05, 0.1) is 97.1 Å². The highest BCUT2D eigenvalue weighted by atomic mass is 16.6. The molecule has 0 spiro atoms. The Morgan fingerprint density at radius 3 is 2.03 bits per heavy atom. The van der Waals surface area contributed by atoms with Crippen LogP contribution < -0.4 is 25.3 Å². The second kappa shape index (κ2) is 25.6. The number of hydrogen-bond donors (Lipinski definition) is 2. The summed E-state index contributed by atoms with van der Waals surface area (Å²) in [6, 6.07) is 14.3. The van der Waals surface area contributed by atoms with Gasteiger partial charge in [-0.2, -0.15) is 0 Å². The largest absolute Gasteiger partial charge is 0.497 e. The van der Waals surface area contributed by atoms with Gasteiger partial charge in [-0.3, -0.25) is 24.1 Å². The van der Waals surface area contributed by atoms with Crippen molar-refractivity contribution < 1.29 is 61.9 Å². The summed E-state index contributed by atoms with van der Waals surface area (Å²) >= 11 is 0. The van der Waals surface area contributed by atoms with E-state index >= 15 is 0 Å². The van der Waals surface area contributed by atoms with Gasteiger partial charge in [0.25, 0.3) is 17.7 Å². The van der Waals surface area contributed by atoms with Crippen LogP contribution in [0.2, 0.25) is 0 Å². The van der Waals surface area contributed by atoms with E-state index in [1.807, 2.05) is 12.1 Å². The zero-order valence-electron chi connectivity index (χ0n) is 39.9. The summed E-state index contributed by atoms with van der Waals surface area (Å²) in [5, 5.41) is 11.4. The molecule has 0 radical (unpaired) electrons. The molecule has 1 aliphatic heterocycles. The summed E-state index contributed by atoms with van der Waals surface area (Å²) in [4.78, 5) is 66.5. The van der Waals surface area contributed by atoms with Gasteiger partial charge in [-0.15, -0.1) is 5.10 Å². The molecule has 0 saturated heterocycles. The zero-order valence-corrected chi connectivity index (χ0v) is 39.9. The Morgan fingerprint density at radius 1 is 0.809 bits per heavy atom. The number of fused-ring (bicyclic) bond motifs is 1. The van der Waals surface area contributed by atoms with Crippen molar-refractivity contribution in [1.82, 2.24) is 24.8 Å². The smallest absolute Gasteiger partial charge is 0.278 e. The van der Waals surface area contributed by atoms with Gasteiger partial charge in [-0.1, -0.05) is 32.1 Å². The summed E-state index contributed by atoms with van der Waals surface area (Å²) in [5.41, 5.74) is 8.85. The minimum Gasteiger partial charge on any atom is -0.497 e. The molecule has 20 heteroatoms. The van der Waals surface area contributed by atoms with E-state index in [4.69, 9.17) is 43.6 Å². The maximum Gasteiger partial charge on any atom is 0.278 e. The Bertz CT molecular complexity index is 2350. The lowest BCUT2D eigenvalue weighted by molar-refractivity contribution is -0.135. The summed E-state index contributed by atoms with van der Waals surface area (Å²) in [6.07, 6.45) is 0.631. The number of imide groups is 1. The van der Waals surface area contributed by atoms with Crippen molar-refractivity contribution in [3.63, 3.8) is 0 Å². The highest BCUT2D eigenvalue weighted by molar-refractivity contribution is 6.25. The fourth-order valence-corrected chi connectivity index (χ4v) is 7.08. The Balaban J connectivity index is 0.909. The predicted molar refractivity (Wildman–Crippen MR) is 250 cm³/mol. The number of methoxy groups -OCH3 is 2. The molecular weight excluding hydrogens is 883 g/mol. The van der Waals surface area contributed by atoms with Crippen molar-refractivity contribution in [1.29, 1.82) is 0 Å². The average Bonchev–Trinajstić information content (AvgIpc) is 3.83. The van der Waals surface area contributed by atoms with Crippen LogP contribution in [0.15, 0.2) is 54.6 Å². The Hall–Kier alpha value is -6.45. The maximum absolute atomic E-state index is 13.5. The van der Waals surface area contributed by atoms with E-state index in [0.717, 1.165) is 10.5 Å². The van der Waals surface area contributed by atoms with E-state index < -0.39 is 29.7 Å². The SMILES string of the molecule is COc1ccc(OC)c(-n2nnc(C(=O)Nc3cc(OCCOCCOCCOCCOCCOCCN(C)C(=O)C(CCC=O)N4C(=O)c5cccc(N)c5C4=O)cc(C(C)(C)C)c3)c2C)c1. The number of nitrogens with two attached hydrogens (primary N) is 1. The van der Waals surface area contributed by atoms with Crippen molar-refractivity contribution >= 4 is 41.3 Å². The zero-order chi connectivity index (χ0) is 49.2. The molecule has 3 aromatic carbocycles. The molecule has 0 saturated carbocycles. The van der Waals surface area contributed by atoms with E-state index in [9.17, 15) is 24.0 Å². The molecule has 1 aliphatic rings. The third kappa shape index (κ3) is 14.0. The molecular formula is C48H63N7O13.